The van der Waals surface area contributed by atoms with E-state index in [9.17, 15) is 15.2 Å². The maximum absolute atomic E-state index is 11.2. The molecule has 0 saturated carbocycles. The van der Waals surface area contributed by atoms with Crippen molar-refractivity contribution in [1.29, 1.82) is 0 Å². The molecule has 1 aromatic heterocycles. The summed E-state index contributed by atoms with van der Waals surface area (Å²) in [6.07, 6.45) is 0. The summed E-state index contributed by atoms with van der Waals surface area (Å²) in [5.74, 6) is 0.440. The highest BCUT2D eigenvalue weighted by molar-refractivity contribution is 5.49. The van der Waals surface area contributed by atoms with Gasteiger partial charge in [-0.15, -0.1) is 0 Å². The number of ether oxygens (including phenoxy) is 1. The van der Waals surface area contributed by atoms with Gasteiger partial charge in [-0.1, -0.05) is 0 Å². The lowest BCUT2D eigenvalue weighted by molar-refractivity contribution is -0.386. The topological polar surface area (TPSA) is 90.4 Å². The fraction of sp³-hybridized carbons (Fsp3) is 0.357. The number of phenols is 1. The minimum absolute atomic E-state index is 0.0417. The Morgan fingerprint density at radius 2 is 2.00 bits per heavy atom. The van der Waals surface area contributed by atoms with Crippen molar-refractivity contribution < 1.29 is 14.8 Å². The summed E-state index contributed by atoms with van der Waals surface area (Å²) in [7, 11) is 0. The van der Waals surface area contributed by atoms with Crippen LogP contribution in [0.15, 0.2) is 18.2 Å². The van der Waals surface area contributed by atoms with E-state index in [0.29, 0.717) is 11.4 Å². The number of aromatic nitrogens is 2. The summed E-state index contributed by atoms with van der Waals surface area (Å²) in [5.41, 5.74) is 0.922. The first kappa shape index (κ1) is 14.8. The average Bonchev–Trinajstić information content (AvgIpc) is 2.64. The highest BCUT2D eigenvalue weighted by atomic mass is 16.6. The molecule has 7 nitrogen and oxygen atoms in total. The maximum atomic E-state index is 11.2. The van der Waals surface area contributed by atoms with Gasteiger partial charge in [0.05, 0.1) is 11.0 Å². The molecule has 112 valence electrons. The molecule has 0 aliphatic heterocycles. The Morgan fingerprint density at radius 1 is 1.33 bits per heavy atom. The second-order valence-corrected chi connectivity index (χ2v) is 5.14. The second-order valence-electron chi connectivity index (χ2n) is 5.14. The van der Waals surface area contributed by atoms with Crippen LogP contribution >= 0.6 is 0 Å². The molecule has 1 N–H and O–H groups in total. The summed E-state index contributed by atoms with van der Waals surface area (Å²) in [5, 5.41) is 25.0. The predicted molar refractivity (Wildman–Crippen MR) is 76.9 cm³/mol. The molecule has 7 heteroatoms. The molecule has 0 bridgehead atoms. The third-order valence-corrected chi connectivity index (χ3v) is 2.93. The van der Waals surface area contributed by atoms with Crippen LogP contribution in [0.3, 0.4) is 0 Å². The highest BCUT2D eigenvalue weighted by Gasteiger charge is 2.28. The summed E-state index contributed by atoms with van der Waals surface area (Å²) in [6, 6.07) is 4.58. The van der Waals surface area contributed by atoms with Gasteiger partial charge in [0.25, 0.3) is 5.88 Å². The van der Waals surface area contributed by atoms with Gasteiger partial charge in [-0.3, -0.25) is 10.1 Å². The first-order valence-corrected chi connectivity index (χ1v) is 6.51. The van der Waals surface area contributed by atoms with Crippen LogP contribution in [0.5, 0.6) is 17.4 Å². The van der Waals surface area contributed by atoms with E-state index in [1.165, 1.54) is 10.7 Å². The van der Waals surface area contributed by atoms with Crippen LogP contribution in [-0.2, 0) is 0 Å². The number of hydrogen-bond acceptors (Lipinski definition) is 5. The number of benzene rings is 1. The molecular weight excluding hydrogens is 274 g/mol. The molecule has 0 aliphatic carbocycles. The summed E-state index contributed by atoms with van der Waals surface area (Å²) >= 11 is 0. The van der Waals surface area contributed by atoms with E-state index in [-0.39, 0.29) is 23.4 Å². The third kappa shape index (κ3) is 2.96. The molecule has 1 aromatic carbocycles. The highest BCUT2D eigenvalue weighted by Crippen LogP contribution is 2.37. The second kappa shape index (κ2) is 5.43. The Bertz CT molecular complexity index is 672. The zero-order valence-electron chi connectivity index (χ0n) is 12.3. The van der Waals surface area contributed by atoms with Crippen LogP contribution in [0.4, 0.5) is 5.69 Å². The van der Waals surface area contributed by atoms with Gasteiger partial charge >= 0.3 is 5.69 Å². The van der Waals surface area contributed by atoms with Crippen LogP contribution in [0, 0.1) is 24.0 Å². The number of nitrogens with zero attached hydrogens (tertiary/aromatic N) is 3. The Kier molecular flexibility index (Phi) is 3.84. The van der Waals surface area contributed by atoms with Crippen LogP contribution in [0.2, 0.25) is 0 Å². The van der Waals surface area contributed by atoms with Gasteiger partial charge in [-0.2, -0.15) is 5.10 Å². The minimum atomic E-state index is -0.508. The zero-order chi connectivity index (χ0) is 15.7. The number of aromatic hydroxyl groups is 1. The molecule has 0 fully saturated rings. The standard InChI is InChI=1S/C14H17N3O4/c1-8(2)16-14(13(17(19)20)10(4)15-16)21-12-6-9(3)5-11(18)7-12/h5-8,18H,1-4H3. The lowest BCUT2D eigenvalue weighted by atomic mass is 10.2. The molecule has 2 rings (SSSR count). The van der Waals surface area contributed by atoms with Gasteiger partial charge in [0.1, 0.15) is 17.2 Å². The number of aryl methyl sites for hydroxylation is 2. The molecule has 0 amide bonds. The average molecular weight is 291 g/mol. The maximum Gasteiger partial charge on any atom is 0.353 e. The summed E-state index contributed by atoms with van der Waals surface area (Å²) in [4.78, 5) is 10.7. The number of nitro groups is 1. The van der Waals surface area contributed by atoms with Crippen molar-refractivity contribution in [3.63, 3.8) is 0 Å². The zero-order valence-corrected chi connectivity index (χ0v) is 12.3. The van der Waals surface area contributed by atoms with Crippen molar-refractivity contribution in [1.82, 2.24) is 9.78 Å². The number of phenolic OH excluding ortho intramolecular Hbond substituents is 1. The quantitative estimate of drug-likeness (QED) is 0.687. The Balaban J connectivity index is 2.53. The van der Waals surface area contributed by atoms with E-state index < -0.39 is 4.92 Å². The van der Waals surface area contributed by atoms with Gasteiger partial charge in [-0.05, 0) is 45.4 Å². The molecular formula is C14H17N3O4. The fourth-order valence-corrected chi connectivity index (χ4v) is 2.07. The predicted octanol–water partition coefficient (Wildman–Crippen LogP) is 3.49. The smallest absolute Gasteiger partial charge is 0.353 e. The van der Waals surface area contributed by atoms with Crippen LogP contribution in [0.25, 0.3) is 0 Å². The fourth-order valence-electron chi connectivity index (χ4n) is 2.07. The molecule has 0 radical (unpaired) electrons. The van der Waals surface area contributed by atoms with Gasteiger partial charge in [-0.25, -0.2) is 4.68 Å². The van der Waals surface area contributed by atoms with Crippen molar-refractivity contribution >= 4 is 5.69 Å². The van der Waals surface area contributed by atoms with E-state index in [1.807, 2.05) is 13.8 Å². The van der Waals surface area contributed by atoms with E-state index in [2.05, 4.69) is 5.10 Å². The number of rotatable bonds is 4. The summed E-state index contributed by atoms with van der Waals surface area (Å²) in [6.45, 7) is 7.08. The van der Waals surface area contributed by atoms with E-state index in [4.69, 9.17) is 4.74 Å². The number of hydrogen-bond donors (Lipinski definition) is 1. The first-order valence-electron chi connectivity index (χ1n) is 6.51. The Labute approximate surface area is 121 Å². The van der Waals surface area contributed by atoms with Crippen molar-refractivity contribution in [3.05, 3.63) is 39.6 Å². The normalized spacial score (nSPS) is 10.9. The molecule has 0 spiro atoms. The monoisotopic (exact) mass is 291 g/mol. The van der Waals surface area contributed by atoms with Crippen molar-refractivity contribution in [3.8, 4) is 17.4 Å². The van der Waals surface area contributed by atoms with Crippen LogP contribution < -0.4 is 4.74 Å². The lowest BCUT2D eigenvalue weighted by Gasteiger charge is -2.11. The van der Waals surface area contributed by atoms with Gasteiger partial charge in [0.2, 0.25) is 0 Å². The van der Waals surface area contributed by atoms with E-state index in [0.717, 1.165) is 5.56 Å². The van der Waals surface area contributed by atoms with Crippen molar-refractivity contribution in [2.24, 2.45) is 0 Å². The largest absolute Gasteiger partial charge is 0.508 e. The SMILES string of the molecule is Cc1cc(O)cc(Oc2c([N+](=O)[O-])c(C)nn2C(C)C)c1. The molecule has 1 heterocycles. The molecule has 0 saturated heterocycles. The van der Waals surface area contributed by atoms with E-state index in [1.54, 1.807) is 26.0 Å². The van der Waals surface area contributed by atoms with Crippen molar-refractivity contribution in [2.75, 3.05) is 0 Å². The first-order chi connectivity index (χ1) is 9.79. The third-order valence-electron chi connectivity index (χ3n) is 2.93. The lowest BCUT2D eigenvalue weighted by Crippen LogP contribution is -2.05. The minimum Gasteiger partial charge on any atom is -0.508 e. The molecule has 2 aromatic rings. The van der Waals surface area contributed by atoms with Crippen LogP contribution in [0.1, 0.15) is 31.1 Å². The molecule has 0 unspecified atom stereocenters. The van der Waals surface area contributed by atoms with Gasteiger partial charge in [0, 0.05) is 6.07 Å². The Morgan fingerprint density at radius 3 is 2.52 bits per heavy atom. The summed E-state index contributed by atoms with van der Waals surface area (Å²) < 4.78 is 7.11. The van der Waals surface area contributed by atoms with E-state index >= 15 is 0 Å². The molecule has 0 atom stereocenters. The molecule has 21 heavy (non-hydrogen) atoms. The van der Waals surface area contributed by atoms with Crippen LogP contribution in [-0.4, -0.2) is 19.8 Å². The molecule has 0 aliphatic rings. The van der Waals surface area contributed by atoms with Gasteiger partial charge < -0.3 is 9.84 Å². The van der Waals surface area contributed by atoms with Crippen molar-refractivity contribution in [2.45, 2.75) is 33.7 Å². The van der Waals surface area contributed by atoms with Gasteiger partial charge in [0.15, 0.2) is 0 Å². The Hall–Kier alpha value is -2.57.